The van der Waals surface area contributed by atoms with Crippen LogP contribution < -0.4 is 5.32 Å². The van der Waals surface area contributed by atoms with Crippen LogP contribution in [0, 0.1) is 0 Å². The highest BCUT2D eigenvalue weighted by atomic mass is 16.5. The normalized spacial score (nSPS) is 11.8. The Labute approximate surface area is 156 Å². The molecule has 0 heterocycles. The fourth-order valence-electron chi connectivity index (χ4n) is 3.07. The Morgan fingerprint density at radius 1 is 0.889 bits per heavy atom. The molecule has 0 aromatic heterocycles. The SMILES string of the molecule is COC(=O)C[C@@H](NC(=O)c1c2ccccc2cc2ccccc12)C(=O)OC. The lowest BCUT2D eigenvalue weighted by atomic mass is 9.96. The zero-order valence-electron chi connectivity index (χ0n) is 15.0. The molecule has 3 rings (SSSR count). The van der Waals surface area contributed by atoms with E-state index in [-0.39, 0.29) is 6.42 Å². The van der Waals surface area contributed by atoms with E-state index in [9.17, 15) is 14.4 Å². The van der Waals surface area contributed by atoms with Crippen molar-refractivity contribution in [3.05, 3.63) is 60.2 Å². The monoisotopic (exact) mass is 365 g/mol. The Morgan fingerprint density at radius 2 is 1.44 bits per heavy atom. The maximum absolute atomic E-state index is 13.1. The van der Waals surface area contributed by atoms with Gasteiger partial charge in [0.1, 0.15) is 6.04 Å². The van der Waals surface area contributed by atoms with E-state index in [1.165, 1.54) is 14.2 Å². The van der Waals surface area contributed by atoms with Gasteiger partial charge in [0, 0.05) is 0 Å². The lowest BCUT2D eigenvalue weighted by molar-refractivity contribution is -0.149. The van der Waals surface area contributed by atoms with Gasteiger partial charge >= 0.3 is 11.9 Å². The number of benzene rings is 3. The standard InChI is InChI=1S/C21H19NO5/c1-26-18(23)12-17(21(25)27-2)22-20(24)19-15-9-5-3-7-13(15)11-14-8-4-6-10-16(14)19/h3-11,17H,12H2,1-2H3,(H,22,24)/t17-/m1/s1. The van der Waals surface area contributed by atoms with Gasteiger partial charge in [0.15, 0.2) is 0 Å². The topological polar surface area (TPSA) is 81.7 Å². The Bertz CT molecular complexity index is 973. The molecule has 3 aromatic rings. The van der Waals surface area contributed by atoms with E-state index in [1.54, 1.807) is 0 Å². The molecule has 1 N–H and O–H groups in total. The zero-order chi connectivity index (χ0) is 19.4. The van der Waals surface area contributed by atoms with Crippen molar-refractivity contribution in [1.82, 2.24) is 5.32 Å². The Morgan fingerprint density at radius 3 is 1.96 bits per heavy atom. The highest BCUT2D eigenvalue weighted by Gasteiger charge is 2.27. The van der Waals surface area contributed by atoms with Crippen molar-refractivity contribution in [2.24, 2.45) is 0 Å². The minimum Gasteiger partial charge on any atom is -0.469 e. The first-order valence-corrected chi connectivity index (χ1v) is 8.41. The minimum absolute atomic E-state index is 0.308. The molecule has 1 atom stereocenters. The molecule has 0 spiro atoms. The number of esters is 2. The number of amides is 1. The number of fused-ring (bicyclic) bond motifs is 2. The van der Waals surface area contributed by atoms with Crippen molar-refractivity contribution >= 4 is 39.4 Å². The van der Waals surface area contributed by atoms with E-state index >= 15 is 0 Å². The molecular weight excluding hydrogens is 346 g/mol. The second kappa shape index (κ2) is 7.86. The molecule has 6 heteroatoms. The predicted octanol–water partition coefficient (Wildman–Crippen LogP) is 2.83. The Hall–Kier alpha value is -3.41. The summed E-state index contributed by atoms with van der Waals surface area (Å²) in [6.45, 7) is 0. The molecule has 0 aliphatic rings. The Kier molecular flexibility index (Phi) is 5.35. The van der Waals surface area contributed by atoms with Gasteiger partial charge in [0.25, 0.3) is 5.91 Å². The highest BCUT2D eigenvalue weighted by Crippen LogP contribution is 2.28. The second-order valence-corrected chi connectivity index (χ2v) is 6.02. The molecule has 27 heavy (non-hydrogen) atoms. The number of carbonyl (C=O) groups excluding carboxylic acids is 3. The second-order valence-electron chi connectivity index (χ2n) is 6.02. The van der Waals surface area contributed by atoms with Crippen molar-refractivity contribution in [1.29, 1.82) is 0 Å². The summed E-state index contributed by atoms with van der Waals surface area (Å²) in [4.78, 5) is 36.7. The fraction of sp³-hybridized carbons (Fsp3) is 0.190. The van der Waals surface area contributed by atoms with Gasteiger partial charge in [-0.2, -0.15) is 0 Å². The maximum Gasteiger partial charge on any atom is 0.328 e. The van der Waals surface area contributed by atoms with Crippen LogP contribution in [0.1, 0.15) is 16.8 Å². The van der Waals surface area contributed by atoms with Gasteiger partial charge in [-0.15, -0.1) is 0 Å². The predicted molar refractivity (Wildman–Crippen MR) is 101 cm³/mol. The van der Waals surface area contributed by atoms with Gasteiger partial charge in [-0.25, -0.2) is 4.79 Å². The van der Waals surface area contributed by atoms with Crippen molar-refractivity contribution < 1.29 is 23.9 Å². The molecule has 0 fully saturated rings. The molecule has 6 nitrogen and oxygen atoms in total. The molecule has 0 saturated heterocycles. The van der Waals surface area contributed by atoms with Gasteiger partial charge in [-0.3, -0.25) is 9.59 Å². The van der Waals surface area contributed by atoms with E-state index in [1.807, 2.05) is 54.6 Å². The summed E-state index contributed by atoms with van der Waals surface area (Å²) in [7, 11) is 2.42. The molecule has 0 aliphatic carbocycles. The van der Waals surface area contributed by atoms with Crippen LogP contribution in [-0.4, -0.2) is 38.1 Å². The minimum atomic E-state index is -1.13. The summed E-state index contributed by atoms with van der Waals surface area (Å²) in [5.41, 5.74) is 0.447. The summed E-state index contributed by atoms with van der Waals surface area (Å²) in [6, 6.07) is 15.9. The van der Waals surface area contributed by atoms with Gasteiger partial charge in [0.2, 0.25) is 0 Å². The van der Waals surface area contributed by atoms with Crippen LogP contribution in [0.25, 0.3) is 21.5 Å². The number of hydrogen-bond donors (Lipinski definition) is 1. The Balaban J connectivity index is 2.07. The molecule has 1 amide bonds. The van der Waals surface area contributed by atoms with Crippen LogP contribution in [0.5, 0.6) is 0 Å². The van der Waals surface area contributed by atoms with Gasteiger partial charge in [-0.1, -0.05) is 48.5 Å². The van der Waals surface area contributed by atoms with E-state index in [0.29, 0.717) is 5.56 Å². The molecule has 0 unspecified atom stereocenters. The van der Waals surface area contributed by atoms with Crippen LogP contribution in [0.2, 0.25) is 0 Å². The van der Waals surface area contributed by atoms with Crippen LogP contribution in [-0.2, 0) is 19.1 Å². The summed E-state index contributed by atoms with van der Waals surface area (Å²) in [5.74, 6) is -1.78. The molecule has 0 aliphatic heterocycles. The lowest BCUT2D eigenvalue weighted by Crippen LogP contribution is -2.43. The molecule has 0 bridgehead atoms. The third kappa shape index (κ3) is 3.74. The lowest BCUT2D eigenvalue weighted by Gasteiger charge is -2.17. The van der Waals surface area contributed by atoms with E-state index in [4.69, 9.17) is 4.74 Å². The molecule has 0 saturated carbocycles. The maximum atomic E-state index is 13.1. The van der Waals surface area contributed by atoms with E-state index in [0.717, 1.165) is 21.5 Å². The molecular formula is C21H19NO5. The summed E-state index contributed by atoms with van der Waals surface area (Å²) in [6.07, 6.45) is -0.308. The quantitative estimate of drug-likeness (QED) is 0.555. The van der Waals surface area contributed by atoms with Crippen molar-refractivity contribution in [3.63, 3.8) is 0 Å². The van der Waals surface area contributed by atoms with Crippen LogP contribution in [0.4, 0.5) is 0 Å². The third-order valence-electron chi connectivity index (χ3n) is 4.39. The number of rotatable bonds is 5. The molecule has 0 radical (unpaired) electrons. The number of methoxy groups -OCH3 is 2. The van der Waals surface area contributed by atoms with Crippen molar-refractivity contribution in [3.8, 4) is 0 Å². The van der Waals surface area contributed by atoms with Gasteiger partial charge < -0.3 is 14.8 Å². The van der Waals surface area contributed by atoms with E-state index in [2.05, 4.69) is 10.1 Å². The number of carbonyl (C=O) groups is 3. The molecule has 138 valence electrons. The fourth-order valence-corrected chi connectivity index (χ4v) is 3.07. The summed E-state index contributed by atoms with van der Waals surface area (Å²) >= 11 is 0. The van der Waals surface area contributed by atoms with Crippen LogP contribution >= 0.6 is 0 Å². The largest absolute Gasteiger partial charge is 0.469 e. The van der Waals surface area contributed by atoms with Gasteiger partial charge in [0.05, 0.1) is 26.2 Å². The number of ether oxygens (including phenoxy) is 2. The smallest absolute Gasteiger partial charge is 0.328 e. The van der Waals surface area contributed by atoms with Gasteiger partial charge in [-0.05, 0) is 27.6 Å². The third-order valence-corrected chi connectivity index (χ3v) is 4.39. The van der Waals surface area contributed by atoms with E-state index < -0.39 is 23.9 Å². The van der Waals surface area contributed by atoms with Crippen molar-refractivity contribution in [2.75, 3.05) is 14.2 Å². The summed E-state index contributed by atoms with van der Waals surface area (Å²) < 4.78 is 9.31. The first-order chi connectivity index (χ1) is 13.0. The first kappa shape index (κ1) is 18.4. The van der Waals surface area contributed by atoms with Crippen LogP contribution in [0.3, 0.4) is 0 Å². The first-order valence-electron chi connectivity index (χ1n) is 8.41. The summed E-state index contributed by atoms with van der Waals surface area (Å²) in [5, 5.41) is 5.95. The zero-order valence-corrected chi connectivity index (χ0v) is 15.0. The average Bonchev–Trinajstić information content (AvgIpc) is 2.70. The van der Waals surface area contributed by atoms with Crippen LogP contribution in [0.15, 0.2) is 54.6 Å². The average molecular weight is 365 g/mol. The number of hydrogen-bond acceptors (Lipinski definition) is 5. The number of nitrogens with one attached hydrogen (secondary N) is 1. The van der Waals surface area contributed by atoms with Crippen molar-refractivity contribution in [2.45, 2.75) is 12.5 Å². The molecule has 3 aromatic carbocycles. The highest BCUT2D eigenvalue weighted by molar-refractivity contribution is 6.18.